The number of piperidine rings is 1. The van der Waals surface area contributed by atoms with Gasteiger partial charge in [-0.25, -0.2) is 24.3 Å². The van der Waals surface area contributed by atoms with Gasteiger partial charge in [0.05, 0.1) is 12.7 Å². The van der Waals surface area contributed by atoms with Crippen LogP contribution in [-0.4, -0.2) is 59.3 Å². The van der Waals surface area contributed by atoms with Gasteiger partial charge in [0.25, 0.3) is 0 Å². The van der Waals surface area contributed by atoms with Crippen LogP contribution >= 0.6 is 12.4 Å². The highest BCUT2D eigenvalue weighted by atomic mass is 35.5. The first-order valence-corrected chi connectivity index (χ1v) is 13.7. The molecule has 9 nitrogen and oxygen atoms in total. The molecule has 6 rings (SSSR count). The molecule has 1 aromatic carbocycles. The number of aromatic nitrogens is 4. The minimum absolute atomic E-state index is 0. The number of pyridine rings is 2. The summed E-state index contributed by atoms with van der Waals surface area (Å²) in [5.74, 6) is 2.26. The van der Waals surface area contributed by atoms with Crippen LogP contribution in [0.25, 0.3) is 22.5 Å². The van der Waals surface area contributed by atoms with Crippen molar-refractivity contribution >= 4 is 35.5 Å². The lowest BCUT2D eigenvalue weighted by Gasteiger charge is -2.34. The average Bonchev–Trinajstić information content (AvgIpc) is 3.52. The number of ether oxygens (including phenoxy) is 1. The van der Waals surface area contributed by atoms with Crippen LogP contribution in [0, 0.1) is 5.82 Å². The third-order valence-electron chi connectivity index (χ3n) is 7.50. The van der Waals surface area contributed by atoms with Gasteiger partial charge in [0, 0.05) is 73.7 Å². The second kappa shape index (κ2) is 12.7. The van der Waals surface area contributed by atoms with Gasteiger partial charge in [0.2, 0.25) is 0 Å². The van der Waals surface area contributed by atoms with Crippen molar-refractivity contribution < 1.29 is 9.13 Å². The molecule has 0 amide bonds. The van der Waals surface area contributed by atoms with Crippen molar-refractivity contribution in [1.29, 1.82) is 0 Å². The molecule has 0 radical (unpaired) electrons. The van der Waals surface area contributed by atoms with Crippen molar-refractivity contribution in [3.8, 4) is 28.3 Å². The van der Waals surface area contributed by atoms with Crippen molar-refractivity contribution in [2.45, 2.75) is 31.7 Å². The van der Waals surface area contributed by atoms with Crippen LogP contribution in [0.2, 0.25) is 0 Å². The van der Waals surface area contributed by atoms with E-state index in [1.54, 1.807) is 24.4 Å². The summed E-state index contributed by atoms with van der Waals surface area (Å²) in [5, 5.41) is 3.28. The molecule has 0 unspecified atom stereocenters. The van der Waals surface area contributed by atoms with Crippen molar-refractivity contribution in [2.75, 3.05) is 48.4 Å². The molecule has 1 atom stereocenters. The Hall–Kier alpha value is -4.02. The summed E-state index contributed by atoms with van der Waals surface area (Å²) in [6, 6.07) is 12.7. The Morgan fingerprint density at radius 2 is 1.78 bits per heavy atom. The van der Waals surface area contributed by atoms with Gasteiger partial charge in [-0.15, -0.1) is 12.4 Å². The molecule has 0 bridgehead atoms. The maximum Gasteiger partial charge on any atom is 0.168 e. The van der Waals surface area contributed by atoms with Crippen molar-refractivity contribution in [3.63, 3.8) is 0 Å². The third kappa shape index (κ3) is 6.18. The number of rotatable bonds is 7. The smallest absolute Gasteiger partial charge is 0.168 e. The number of anilines is 4. The summed E-state index contributed by atoms with van der Waals surface area (Å²) < 4.78 is 20.0. The highest BCUT2D eigenvalue weighted by Crippen LogP contribution is 2.35. The van der Waals surface area contributed by atoms with Gasteiger partial charge in [0.1, 0.15) is 29.0 Å². The third-order valence-corrected chi connectivity index (χ3v) is 7.50. The Morgan fingerprint density at radius 3 is 2.54 bits per heavy atom. The first-order valence-electron chi connectivity index (χ1n) is 13.7. The molecule has 2 aliphatic rings. The van der Waals surface area contributed by atoms with Crippen LogP contribution in [0.3, 0.4) is 0 Å². The monoisotopic (exact) mass is 576 g/mol. The average molecular weight is 577 g/mol. The Morgan fingerprint density at radius 1 is 0.951 bits per heavy atom. The van der Waals surface area contributed by atoms with Gasteiger partial charge in [-0.05, 0) is 56.0 Å². The molecule has 0 aliphatic carbocycles. The second-order valence-corrected chi connectivity index (χ2v) is 10.2. The summed E-state index contributed by atoms with van der Waals surface area (Å²) >= 11 is 0. The van der Waals surface area contributed by atoms with Gasteiger partial charge < -0.3 is 25.6 Å². The van der Waals surface area contributed by atoms with Crippen LogP contribution in [0.4, 0.5) is 27.5 Å². The topological polar surface area (TPSA) is 105 Å². The van der Waals surface area contributed by atoms with Gasteiger partial charge in [-0.3, -0.25) is 0 Å². The summed E-state index contributed by atoms with van der Waals surface area (Å²) in [4.78, 5) is 23.0. The molecule has 0 spiro atoms. The van der Waals surface area contributed by atoms with Crippen LogP contribution in [-0.2, 0) is 0 Å². The SMILES string of the molecule is COc1cccc(F)c1-c1nccc(Nc2cc(N3CCC[C@H](N)C3)c(-c3ccc(N4CCCC4)nc3)cn2)n1.Cl. The molecule has 2 fully saturated rings. The zero-order valence-electron chi connectivity index (χ0n) is 23.0. The number of nitrogens with one attached hydrogen (secondary N) is 1. The van der Waals surface area contributed by atoms with E-state index >= 15 is 0 Å². The number of hydrogen-bond acceptors (Lipinski definition) is 9. The molecule has 5 heterocycles. The Balaban J connectivity index is 0.00000337. The van der Waals surface area contributed by atoms with Crippen LogP contribution < -0.4 is 25.6 Å². The van der Waals surface area contributed by atoms with Gasteiger partial charge >= 0.3 is 0 Å². The highest BCUT2D eigenvalue weighted by Gasteiger charge is 2.22. The molecule has 2 saturated heterocycles. The molecule has 4 aromatic rings. The van der Waals surface area contributed by atoms with Crippen LogP contribution in [0.1, 0.15) is 25.7 Å². The molecular formula is C30H34ClFN8O. The van der Waals surface area contributed by atoms with Crippen molar-refractivity contribution in [3.05, 3.63) is 66.9 Å². The molecule has 3 N–H and O–H groups in total. The number of benzene rings is 1. The van der Waals surface area contributed by atoms with Crippen molar-refractivity contribution in [2.24, 2.45) is 5.73 Å². The lowest BCUT2D eigenvalue weighted by Crippen LogP contribution is -2.43. The fourth-order valence-electron chi connectivity index (χ4n) is 5.48. The Labute approximate surface area is 245 Å². The lowest BCUT2D eigenvalue weighted by atomic mass is 10.0. The Bertz CT molecular complexity index is 1480. The zero-order valence-corrected chi connectivity index (χ0v) is 23.8. The van der Waals surface area contributed by atoms with Crippen LogP contribution in [0.5, 0.6) is 5.75 Å². The van der Waals surface area contributed by atoms with E-state index in [0.717, 1.165) is 61.7 Å². The van der Waals surface area contributed by atoms with E-state index in [-0.39, 0.29) is 29.8 Å². The molecule has 214 valence electrons. The number of nitrogens with two attached hydrogens (primary N) is 1. The van der Waals surface area contributed by atoms with Gasteiger partial charge in [0.15, 0.2) is 5.82 Å². The van der Waals surface area contributed by atoms with E-state index in [1.807, 2.05) is 18.5 Å². The molecular weight excluding hydrogens is 543 g/mol. The summed E-state index contributed by atoms with van der Waals surface area (Å²) in [7, 11) is 1.50. The quantitative estimate of drug-likeness (QED) is 0.297. The predicted molar refractivity (Wildman–Crippen MR) is 163 cm³/mol. The van der Waals surface area contributed by atoms with E-state index in [4.69, 9.17) is 20.4 Å². The van der Waals surface area contributed by atoms with E-state index < -0.39 is 5.82 Å². The maximum atomic E-state index is 14.7. The normalized spacial score (nSPS) is 16.8. The number of methoxy groups -OCH3 is 1. The first kappa shape index (κ1) is 28.5. The second-order valence-electron chi connectivity index (χ2n) is 10.2. The number of hydrogen-bond donors (Lipinski definition) is 2. The largest absolute Gasteiger partial charge is 0.496 e. The predicted octanol–water partition coefficient (Wildman–Crippen LogP) is 5.44. The summed E-state index contributed by atoms with van der Waals surface area (Å²) in [5.41, 5.74) is 9.62. The van der Waals surface area contributed by atoms with E-state index in [0.29, 0.717) is 17.4 Å². The van der Waals surface area contributed by atoms with Gasteiger partial charge in [-0.1, -0.05) is 6.07 Å². The standard InChI is InChI=1S/C30H33FN8O.ClH/c1-40-25-8-4-7-23(31)29(25)30-33-12-11-26(37-30)36-27-16-24(39-15-5-6-21(32)19-39)22(18-34-27)20-9-10-28(35-17-20)38-13-2-3-14-38;/h4,7-12,16-18,21H,2-3,5-6,13-15,19,32H2,1H3,(H,33,34,36,37);1H/t21-;/m0./s1. The fraction of sp³-hybridized carbons (Fsp3) is 0.333. The summed E-state index contributed by atoms with van der Waals surface area (Å²) in [6.07, 6.45) is 9.85. The zero-order chi connectivity index (χ0) is 27.5. The van der Waals surface area contributed by atoms with Crippen molar-refractivity contribution in [1.82, 2.24) is 19.9 Å². The van der Waals surface area contributed by atoms with Crippen LogP contribution in [0.15, 0.2) is 61.1 Å². The Kier molecular flexibility index (Phi) is 8.80. The fourth-order valence-corrected chi connectivity index (χ4v) is 5.48. The maximum absolute atomic E-state index is 14.7. The minimum Gasteiger partial charge on any atom is -0.496 e. The van der Waals surface area contributed by atoms with E-state index in [1.165, 1.54) is 26.0 Å². The minimum atomic E-state index is -0.452. The molecule has 11 heteroatoms. The number of halogens is 2. The number of nitrogens with zero attached hydrogens (tertiary/aromatic N) is 6. The molecule has 41 heavy (non-hydrogen) atoms. The van der Waals surface area contributed by atoms with Gasteiger partial charge in [-0.2, -0.15) is 0 Å². The van der Waals surface area contributed by atoms with E-state index in [9.17, 15) is 4.39 Å². The van der Waals surface area contributed by atoms with E-state index in [2.05, 4.69) is 37.2 Å². The first-order chi connectivity index (χ1) is 19.6. The molecule has 2 aliphatic heterocycles. The highest BCUT2D eigenvalue weighted by molar-refractivity contribution is 5.85. The molecule has 0 saturated carbocycles. The summed E-state index contributed by atoms with van der Waals surface area (Å²) in [6.45, 7) is 3.79. The lowest BCUT2D eigenvalue weighted by molar-refractivity contribution is 0.413. The molecule has 3 aromatic heterocycles.